The molecule has 0 aromatic rings. The van der Waals surface area contributed by atoms with Gasteiger partial charge >= 0.3 is 0 Å². The summed E-state index contributed by atoms with van der Waals surface area (Å²) in [6, 6.07) is -0.309. The second-order valence-electron chi connectivity index (χ2n) is 6.03. The zero-order chi connectivity index (χ0) is 15.5. The molecule has 1 amide bonds. The molecule has 2 atom stereocenters. The molecule has 2 aliphatic rings. The molecule has 2 fully saturated rings. The molecule has 2 aliphatic heterocycles. The number of rotatable bonds is 5. The molecule has 2 rings (SSSR count). The van der Waals surface area contributed by atoms with Crippen LogP contribution in [0.15, 0.2) is 0 Å². The number of carbonyl (C=O) groups excluding carboxylic acids is 1. The van der Waals surface area contributed by atoms with E-state index in [1.807, 2.05) is 6.92 Å². The molecule has 22 heavy (non-hydrogen) atoms. The Bertz CT molecular complexity index is 466. The van der Waals surface area contributed by atoms with E-state index < -0.39 is 16.1 Å². The number of nitrogens with one attached hydrogen (secondary N) is 1. The van der Waals surface area contributed by atoms with Gasteiger partial charge in [0, 0.05) is 26.2 Å². The Labute approximate surface area is 140 Å². The SMILES string of the molecule is CCCS(=O)(=O)N1CCCCC1C(=O)N(C)C1CCNC1.Cl. The molecule has 0 saturated carbocycles. The van der Waals surface area contributed by atoms with Gasteiger partial charge in [0.05, 0.1) is 5.75 Å². The van der Waals surface area contributed by atoms with E-state index in [9.17, 15) is 13.2 Å². The molecule has 2 saturated heterocycles. The Morgan fingerprint density at radius 3 is 2.64 bits per heavy atom. The van der Waals surface area contributed by atoms with Crippen molar-refractivity contribution in [3.05, 3.63) is 0 Å². The summed E-state index contributed by atoms with van der Waals surface area (Å²) in [5.41, 5.74) is 0. The third kappa shape index (κ3) is 4.34. The van der Waals surface area contributed by atoms with Crippen molar-refractivity contribution in [1.29, 1.82) is 0 Å². The minimum Gasteiger partial charge on any atom is -0.340 e. The number of hydrogen-bond acceptors (Lipinski definition) is 4. The molecular formula is C14H28ClN3O3S. The smallest absolute Gasteiger partial charge is 0.241 e. The molecule has 0 aromatic carbocycles. The van der Waals surface area contributed by atoms with E-state index in [-0.39, 0.29) is 30.1 Å². The van der Waals surface area contributed by atoms with E-state index in [1.54, 1.807) is 11.9 Å². The molecule has 0 radical (unpaired) electrons. The number of carbonyl (C=O) groups is 1. The van der Waals surface area contributed by atoms with Gasteiger partial charge in [0.1, 0.15) is 6.04 Å². The van der Waals surface area contributed by atoms with Gasteiger partial charge in [-0.05, 0) is 32.2 Å². The highest BCUT2D eigenvalue weighted by atomic mass is 35.5. The predicted molar refractivity (Wildman–Crippen MR) is 89.7 cm³/mol. The van der Waals surface area contributed by atoms with Crippen molar-refractivity contribution in [2.75, 3.05) is 32.4 Å². The summed E-state index contributed by atoms with van der Waals surface area (Å²) in [6.07, 6.45) is 3.94. The summed E-state index contributed by atoms with van der Waals surface area (Å²) < 4.78 is 26.2. The standard InChI is InChI=1S/C14H27N3O3S.ClH/c1-3-10-21(19,20)17-9-5-4-6-13(17)14(18)16(2)12-7-8-15-11-12;/h12-13,15H,3-11H2,1-2H3;1H. The lowest BCUT2D eigenvalue weighted by Gasteiger charge is -2.37. The van der Waals surface area contributed by atoms with Gasteiger partial charge in [-0.3, -0.25) is 4.79 Å². The molecule has 2 heterocycles. The number of piperidine rings is 1. The van der Waals surface area contributed by atoms with Crippen LogP contribution in [-0.4, -0.2) is 68.0 Å². The first-order valence-electron chi connectivity index (χ1n) is 7.94. The maximum absolute atomic E-state index is 12.7. The van der Waals surface area contributed by atoms with Crippen LogP contribution in [0, 0.1) is 0 Å². The van der Waals surface area contributed by atoms with E-state index in [0.717, 1.165) is 32.4 Å². The van der Waals surface area contributed by atoms with Crippen LogP contribution in [0.3, 0.4) is 0 Å². The Balaban J connectivity index is 0.00000242. The van der Waals surface area contributed by atoms with E-state index in [2.05, 4.69) is 5.32 Å². The number of sulfonamides is 1. The van der Waals surface area contributed by atoms with Gasteiger partial charge in [0.15, 0.2) is 0 Å². The third-order valence-corrected chi connectivity index (χ3v) is 6.56. The van der Waals surface area contributed by atoms with Crippen LogP contribution < -0.4 is 5.32 Å². The van der Waals surface area contributed by atoms with Gasteiger partial charge in [-0.1, -0.05) is 13.3 Å². The number of likely N-dealkylation sites (N-methyl/N-ethyl adjacent to an activating group) is 1. The van der Waals surface area contributed by atoms with Crippen molar-refractivity contribution in [1.82, 2.24) is 14.5 Å². The van der Waals surface area contributed by atoms with Crippen molar-refractivity contribution in [2.24, 2.45) is 0 Å². The van der Waals surface area contributed by atoms with Crippen LogP contribution in [0.2, 0.25) is 0 Å². The van der Waals surface area contributed by atoms with Crippen molar-refractivity contribution >= 4 is 28.3 Å². The summed E-state index contributed by atoms with van der Waals surface area (Å²) in [5, 5.41) is 3.25. The number of amides is 1. The van der Waals surface area contributed by atoms with Crippen LogP contribution >= 0.6 is 12.4 Å². The molecule has 0 bridgehead atoms. The van der Waals surface area contributed by atoms with Crippen LogP contribution in [0.25, 0.3) is 0 Å². The van der Waals surface area contributed by atoms with Gasteiger partial charge in [-0.2, -0.15) is 4.31 Å². The Hall–Kier alpha value is -0.370. The summed E-state index contributed by atoms with van der Waals surface area (Å²) in [7, 11) is -1.51. The Morgan fingerprint density at radius 2 is 2.05 bits per heavy atom. The number of hydrogen-bond donors (Lipinski definition) is 1. The number of halogens is 1. The summed E-state index contributed by atoms with van der Waals surface area (Å²) in [5.74, 6) is 0.0916. The van der Waals surface area contributed by atoms with Crippen LogP contribution in [0.4, 0.5) is 0 Å². The maximum atomic E-state index is 12.7. The average molecular weight is 354 g/mol. The fourth-order valence-corrected chi connectivity index (χ4v) is 4.99. The van der Waals surface area contributed by atoms with Gasteiger partial charge in [0.2, 0.25) is 15.9 Å². The molecule has 6 nitrogen and oxygen atoms in total. The second kappa shape index (κ2) is 8.47. The normalized spacial score (nSPS) is 26.5. The fraction of sp³-hybridized carbons (Fsp3) is 0.929. The lowest BCUT2D eigenvalue weighted by Crippen LogP contribution is -2.54. The van der Waals surface area contributed by atoms with Gasteiger partial charge in [-0.25, -0.2) is 8.42 Å². The summed E-state index contributed by atoms with van der Waals surface area (Å²) in [6.45, 7) is 4.06. The van der Waals surface area contributed by atoms with E-state index in [1.165, 1.54) is 4.31 Å². The van der Waals surface area contributed by atoms with Crippen molar-refractivity contribution < 1.29 is 13.2 Å². The van der Waals surface area contributed by atoms with Gasteiger partial charge in [0.25, 0.3) is 0 Å². The first kappa shape index (κ1) is 19.7. The molecule has 0 spiro atoms. The third-order valence-electron chi connectivity index (χ3n) is 4.49. The zero-order valence-corrected chi connectivity index (χ0v) is 15.1. The van der Waals surface area contributed by atoms with E-state index >= 15 is 0 Å². The monoisotopic (exact) mass is 353 g/mol. The quantitative estimate of drug-likeness (QED) is 0.794. The van der Waals surface area contributed by atoms with Crippen LogP contribution in [0.5, 0.6) is 0 Å². The molecule has 0 aromatic heterocycles. The average Bonchev–Trinajstić information content (AvgIpc) is 3.00. The molecule has 130 valence electrons. The van der Waals surface area contributed by atoms with Gasteiger partial charge < -0.3 is 10.2 Å². The highest BCUT2D eigenvalue weighted by Crippen LogP contribution is 2.24. The lowest BCUT2D eigenvalue weighted by atomic mass is 10.0. The highest BCUT2D eigenvalue weighted by Gasteiger charge is 2.39. The second-order valence-corrected chi connectivity index (χ2v) is 8.08. The zero-order valence-electron chi connectivity index (χ0n) is 13.5. The first-order valence-corrected chi connectivity index (χ1v) is 9.55. The summed E-state index contributed by atoms with van der Waals surface area (Å²) >= 11 is 0. The molecule has 2 unspecified atom stereocenters. The van der Waals surface area contributed by atoms with Crippen molar-refractivity contribution in [2.45, 2.75) is 51.1 Å². The minimum atomic E-state index is -3.31. The van der Waals surface area contributed by atoms with Gasteiger partial charge in [-0.15, -0.1) is 12.4 Å². The van der Waals surface area contributed by atoms with E-state index in [4.69, 9.17) is 0 Å². The largest absolute Gasteiger partial charge is 0.340 e. The highest BCUT2D eigenvalue weighted by molar-refractivity contribution is 7.89. The van der Waals surface area contributed by atoms with E-state index in [0.29, 0.717) is 19.4 Å². The molecular weight excluding hydrogens is 326 g/mol. The van der Waals surface area contributed by atoms with Crippen LogP contribution in [0.1, 0.15) is 39.0 Å². The lowest BCUT2D eigenvalue weighted by molar-refractivity contribution is -0.136. The van der Waals surface area contributed by atoms with Crippen molar-refractivity contribution in [3.63, 3.8) is 0 Å². The topological polar surface area (TPSA) is 69.7 Å². The Morgan fingerprint density at radius 1 is 1.32 bits per heavy atom. The summed E-state index contributed by atoms with van der Waals surface area (Å²) in [4.78, 5) is 14.5. The first-order chi connectivity index (χ1) is 9.97. The van der Waals surface area contributed by atoms with Crippen molar-refractivity contribution in [3.8, 4) is 0 Å². The minimum absolute atomic E-state index is 0. The van der Waals surface area contributed by atoms with Crippen LogP contribution in [-0.2, 0) is 14.8 Å². The maximum Gasteiger partial charge on any atom is 0.241 e. The predicted octanol–water partition coefficient (Wildman–Crippen LogP) is 0.823. The molecule has 1 N–H and O–H groups in total. The number of nitrogens with zero attached hydrogens (tertiary/aromatic N) is 2. The fourth-order valence-electron chi connectivity index (χ4n) is 3.24. The molecule has 0 aliphatic carbocycles. The Kier molecular flexibility index (Phi) is 7.58. The molecule has 8 heteroatoms.